The standard InChI is InChI=1S/C25H30N2O4/c1-19-4-6-20(7-5-19)25(12-2-3-13-25)24(29)26-21-8-10-22(11-9-21)31-18-23(28)27-14-16-30-17-15-27/h4-11H,2-3,12-18H2,1H3,(H,26,29). The molecule has 2 aliphatic rings. The number of carbonyl (C=O) groups is 2. The van der Waals surface area contributed by atoms with E-state index in [0.29, 0.717) is 32.1 Å². The lowest BCUT2D eigenvalue weighted by Crippen LogP contribution is -2.42. The number of hydrogen-bond acceptors (Lipinski definition) is 4. The van der Waals surface area contributed by atoms with Gasteiger partial charge in [-0.3, -0.25) is 9.59 Å². The molecule has 6 nitrogen and oxygen atoms in total. The van der Waals surface area contributed by atoms with Crippen molar-refractivity contribution in [3.8, 4) is 5.75 Å². The summed E-state index contributed by atoms with van der Waals surface area (Å²) in [5, 5.41) is 3.10. The van der Waals surface area contributed by atoms with Crippen LogP contribution in [-0.4, -0.2) is 49.6 Å². The van der Waals surface area contributed by atoms with Crippen LogP contribution in [-0.2, 0) is 19.7 Å². The molecule has 0 atom stereocenters. The van der Waals surface area contributed by atoms with Crippen molar-refractivity contribution in [2.75, 3.05) is 38.2 Å². The van der Waals surface area contributed by atoms with Crippen molar-refractivity contribution in [2.24, 2.45) is 0 Å². The summed E-state index contributed by atoms with van der Waals surface area (Å²) in [5.74, 6) is 0.612. The number of nitrogens with zero attached hydrogens (tertiary/aromatic N) is 1. The summed E-state index contributed by atoms with van der Waals surface area (Å²) in [7, 11) is 0. The molecule has 6 heteroatoms. The lowest BCUT2D eigenvalue weighted by molar-refractivity contribution is -0.137. The highest BCUT2D eigenvalue weighted by Gasteiger charge is 2.42. The molecule has 31 heavy (non-hydrogen) atoms. The minimum absolute atomic E-state index is 0.00222. The summed E-state index contributed by atoms with van der Waals surface area (Å²) < 4.78 is 10.9. The van der Waals surface area contributed by atoms with E-state index in [1.165, 1.54) is 5.56 Å². The summed E-state index contributed by atoms with van der Waals surface area (Å²) in [6.07, 6.45) is 3.86. The van der Waals surface area contributed by atoms with E-state index >= 15 is 0 Å². The van der Waals surface area contributed by atoms with Gasteiger partial charge in [0.2, 0.25) is 5.91 Å². The first kappa shape index (κ1) is 21.4. The fourth-order valence-electron chi connectivity index (χ4n) is 4.43. The molecule has 0 radical (unpaired) electrons. The molecule has 2 aromatic rings. The third-order valence-electron chi connectivity index (χ3n) is 6.33. The number of hydrogen-bond donors (Lipinski definition) is 1. The van der Waals surface area contributed by atoms with E-state index in [-0.39, 0.29) is 18.4 Å². The van der Waals surface area contributed by atoms with E-state index in [9.17, 15) is 9.59 Å². The van der Waals surface area contributed by atoms with E-state index in [4.69, 9.17) is 9.47 Å². The number of rotatable bonds is 6. The lowest BCUT2D eigenvalue weighted by Gasteiger charge is -2.28. The fraction of sp³-hybridized carbons (Fsp3) is 0.440. The number of ether oxygens (including phenoxy) is 2. The Morgan fingerprint density at radius 2 is 1.65 bits per heavy atom. The molecular weight excluding hydrogens is 392 g/mol. The molecular formula is C25H30N2O4. The predicted octanol–water partition coefficient (Wildman–Crippen LogP) is 3.68. The summed E-state index contributed by atoms with van der Waals surface area (Å²) >= 11 is 0. The third-order valence-corrected chi connectivity index (χ3v) is 6.33. The highest BCUT2D eigenvalue weighted by Crippen LogP contribution is 2.42. The molecule has 2 amide bonds. The zero-order chi connectivity index (χ0) is 21.7. The minimum atomic E-state index is -0.465. The summed E-state index contributed by atoms with van der Waals surface area (Å²) in [4.78, 5) is 27.3. The van der Waals surface area contributed by atoms with Crippen LogP contribution in [0.3, 0.4) is 0 Å². The zero-order valence-electron chi connectivity index (χ0n) is 18.1. The molecule has 1 N–H and O–H groups in total. The lowest BCUT2D eigenvalue weighted by atomic mass is 9.77. The molecule has 164 valence electrons. The van der Waals surface area contributed by atoms with Crippen LogP contribution < -0.4 is 10.1 Å². The van der Waals surface area contributed by atoms with Gasteiger partial charge in [-0.15, -0.1) is 0 Å². The normalized spacial score (nSPS) is 17.9. The maximum absolute atomic E-state index is 13.3. The number of benzene rings is 2. The van der Waals surface area contributed by atoms with Gasteiger partial charge in [-0.05, 0) is 49.6 Å². The monoisotopic (exact) mass is 422 g/mol. The Balaban J connectivity index is 1.37. The third kappa shape index (κ3) is 4.90. The Kier molecular flexibility index (Phi) is 6.56. The Morgan fingerprint density at radius 1 is 1.00 bits per heavy atom. The maximum Gasteiger partial charge on any atom is 0.260 e. The second-order valence-electron chi connectivity index (χ2n) is 8.42. The number of anilines is 1. The van der Waals surface area contributed by atoms with Crippen LogP contribution in [0, 0.1) is 6.92 Å². The smallest absolute Gasteiger partial charge is 0.260 e. The molecule has 1 saturated carbocycles. The highest BCUT2D eigenvalue weighted by atomic mass is 16.5. The van der Waals surface area contributed by atoms with Gasteiger partial charge in [0, 0.05) is 18.8 Å². The minimum Gasteiger partial charge on any atom is -0.484 e. The topological polar surface area (TPSA) is 67.9 Å². The molecule has 4 rings (SSSR count). The Labute approximate surface area is 183 Å². The van der Waals surface area contributed by atoms with Crippen LogP contribution in [0.5, 0.6) is 5.75 Å². The van der Waals surface area contributed by atoms with Crippen LogP contribution >= 0.6 is 0 Å². The van der Waals surface area contributed by atoms with Crippen molar-refractivity contribution in [3.05, 3.63) is 59.7 Å². The van der Waals surface area contributed by atoms with E-state index in [2.05, 4.69) is 36.5 Å². The van der Waals surface area contributed by atoms with E-state index in [1.807, 2.05) is 12.1 Å². The average Bonchev–Trinajstić information content (AvgIpc) is 3.31. The second kappa shape index (κ2) is 9.52. The van der Waals surface area contributed by atoms with Gasteiger partial charge in [-0.2, -0.15) is 0 Å². The number of carbonyl (C=O) groups excluding carboxylic acids is 2. The van der Waals surface area contributed by atoms with Gasteiger partial charge >= 0.3 is 0 Å². The molecule has 2 fully saturated rings. The quantitative estimate of drug-likeness (QED) is 0.771. The molecule has 0 spiro atoms. The largest absolute Gasteiger partial charge is 0.484 e. The number of morpholine rings is 1. The predicted molar refractivity (Wildman–Crippen MR) is 119 cm³/mol. The molecule has 1 aliphatic heterocycles. The molecule has 0 bridgehead atoms. The first-order valence-corrected chi connectivity index (χ1v) is 11.0. The van der Waals surface area contributed by atoms with Crippen molar-refractivity contribution >= 4 is 17.5 Å². The average molecular weight is 423 g/mol. The Morgan fingerprint density at radius 3 is 2.29 bits per heavy atom. The van der Waals surface area contributed by atoms with Crippen LogP contribution in [0.2, 0.25) is 0 Å². The van der Waals surface area contributed by atoms with Crippen molar-refractivity contribution in [2.45, 2.75) is 38.0 Å². The summed E-state index contributed by atoms with van der Waals surface area (Å²) in [6.45, 7) is 4.42. The number of aryl methyl sites for hydroxylation is 1. The number of amides is 2. The maximum atomic E-state index is 13.3. The Hall–Kier alpha value is -2.86. The molecule has 1 saturated heterocycles. The molecule has 2 aromatic carbocycles. The highest BCUT2D eigenvalue weighted by molar-refractivity contribution is 5.99. The van der Waals surface area contributed by atoms with Gasteiger partial charge < -0.3 is 19.7 Å². The van der Waals surface area contributed by atoms with Gasteiger partial charge in [-0.25, -0.2) is 0 Å². The van der Waals surface area contributed by atoms with Gasteiger partial charge in [0.1, 0.15) is 5.75 Å². The van der Waals surface area contributed by atoms with Gasteiger partial charge in [0.05, 0.1) is 18.6 Å². The number of nitrogens with one attached hydrogen (secondary N) is 1. The van der Waals surface area contributed by atoms with Crippen LogP contribution in [0.1, 0.15) is 36.8 Å². The van der Waals surface area contributed by atoms with Gasteiger partial charge in [-0.1, -0.05) is 42.7 Å². The zero-order valence-corrected chi connectivity index (χ0v) is 18.1. The van der Waals surface area contributed by atoms with Crippen molar-refractivity contribution in [1.82, 2.24) is 4.90 Å². The molecule has 0 unspecified atom stereocenters. The van der Waals surface area contributed by atoms with Crippen LogP contribution in [0.25, 0.3) is 0 Å². The van der Waals surface area contributed by atoms with Crippen molar-refractivity contribution in [1.29, 1.82) is 0 Å². The summed E-state index contributed by atoms with van der Waals surface area (Å²) in [6, 6.07) is 15.5. The van der Waals surface area contributed by atoms with E-state index in [0.717, 1.165) is 36.9 Å². The van der Waals surface area contributed by atoms with Crippen LogP contribution in [0.4, 0.5) is 5.69 Å². The van der Waals surface area contributed by atoms with E-state index in [1.54, 1.807) is 17.0 Å². The first-order valence-electron chi connectivity index (χ1n) is 11.0. The SMILES string of the molecule is Cc1ccc(C2(C(=O)Nc3ccc(OCC(=O)N4CCOCC4)cc3)CCCC2)cc1. The fourth-order valence-corrected chi connectivity index (χ4v) is 4.43. The van der Waals surface area contributed by atoms with Gasteiger partial charge in [0.25, 0.3) is 5.91 Å². The van der Waals surface area contributed by atoms with Crippen LogP contribution in [0.15, 0.2) is 48.5 Å². The van der Waals surface area contributed by atoms with E-state index < -0.39 is 5.41 Å². The van der Waals surface area contributed by atoms with Crippen molar-refractivity contribution < 1.29 is 19.1 Å². The van der Waals surface area contributed by atoms with Gasteiger partial charge in [0.15, 0.2) is 6.61 Å². The second-order valence-corrected chi connectivity index (χ2v) is 8.42. The summed E-state index contributed by atoms with van der Waals surface area (Å²) in [5.41, 5.74) is 2.55. The Bertz CT molecular complexity index is 896. The first-order chi connectivity index (χ1) is 15.1. The molecule has 1 aliphatic carbocycles. The van der Waals surface area contributed by atoms with Crippen molar-refractivity contribution in [3.63, 3.8) is 0 Å². The molecule has 1 heterocycles. The molecule has 0 aromatic heterocycles.